The van der Waals surface area contributed by atoms with Crippen LogP contribution in [0.5, 0.6) is 0 Å². The molecule has 26 heavy (non-hydrogen) atoms. The smallest absolute Gasteiger partial charge is 0.316 e. The maximum absolute atomic E-state index is 11.7. The third-order valence-corrected chi connectivity index (χ3v) is 3.46. The summed E-state index contributed by atoms with van der Waals surface area (Å²) in [4.78, 5) is 45.8. The Morgan fingerprint density at radius 2 is 1.50 bits per heavy atom. The van der Waals surface area contributed by atoms with Crippen LogP contribution < -0.4 is 10.6 Å². The number of methoxy groups -OCH3 is 1. The minimum absolute atomic E-state index is 0.218. The Morgan fingerprint density at radius 3 is 1.96 bits per heavy atom. The van der Waals surface area contributed by atoms with E-state index in [-0.39, 0.29) is 6.61 Å². The summed E-state index contributed by atoms with van der Waals surface area (Å²) in [5.74, 6) is -1.88. The summed E-state index contributed by atoms with van der Waals surface area (Å²) in [6.07, 6.45) is -5.24. The number of amides is 2. The molecule has 1 aliphatic rings. The van der Waals surface area contributed by atoms with Crippen LogP contribution >= 0.6 is 0 Å². The van der Waals surface area contributed by atoms with Crippen molar-refractivity contribution in [2.45, 2.75) is 51.4 Å². The van der Waals surface area contributed by atoms with E-state index in [1.54, 1.807) is 0 Å². The van der Waals surface area contributed by atoms with Gasteiger partial charge in [0.25, 0.3) is 0 Å². The lowest BCUT2D eigenvalue weighted by molar-refractivity contribution is -0.254. The van der Waals surface area contributed by atoms with Crippen LogP contribution in [0, 0.1) is 0 Å². The first-order valence-corrected chi connectivity index (χ1v) is 7.83. The van der Waals surface area contributed by atoms with Crippen LogP contribution in [0.4, 0.5) is 4.79 Å². The second kappa shape index (κ2) is 9.92. The molecule has 1 aliphatic heterocycles. The molecule has 0 saturated carbocycles. The fourth-order valence-corrected chi connectivity index (χ4v) is 2.50. The van der Waals surface area contributed by atoms with E-state index < -0.39 is 54.6 Å². The lowest BCUT2D eigenvalue weighted by atomic mass is 9.97. The van der Waals surface area contributed by atoms with Crippen molar-refractivity contribution in [3.8, 4) is 0 Å². The topological polar surface area (TPSA) is 138 Å². The van der Waals surface area contributed by atoms with E-state index in [4.69, 9.17) is 23.7 Å². The first-order chi connectivity index (χ1) is 12.2. The van der Waals surface area contributed by atoms with Gasteiger partial charge < -0.3 is 34.3 Å². The van der Waals surface area contributed by atoms with Crippen molar-refractivity contribution in [3.05, 3.63) is 0 Å². The van der Waals surface area contributed by atoms with Gasteiger partial charge >= 0.3 is 23.9 Å². The average molecular weight is 376 g/mol. The van der Waals surface area contributed by atoms with Gasteiger partial charge in [-0.2, -0.15) is 0 Å². The molecule has 11 nitrogen and oxygen atoms in total. The van der Waals surface area contributed by atoms with Gasteiger partial charge in [-0.25, -0.2) is 4.79 Å². The third kappa shape index (κ3) is 6.15. The minimum Gasteiger partial charge on any atom is -0.463 e. The number of urea groups is 1. The molecule has 0 aromatic carbocycles. The maximum Gasteiger partial charge on any atom is 0.316 e. The van der Waals surface area contributed by atoms with Gasteiger partial charge in [0, 0.05) is 34.9 Å². The Kier molecular flexibility index (Phi) is 8.26. The van der Waals surface area contributed by atoms with Crippen molar-refractivity contribution in [3.63, 3.8) is 0 Å². The zero-order chi connectivity index (χ0) is 19.9. The number of ether oxygens (including phenoxy) is 5. The number of carbonyl (C=O) groups is 4. The van der Waals surface area contributed by atoms with Gasteiger partial charge in [0.05, 0.1) is 0 Å². The average Bonchev–Trinajstić information content (AvgIpc) is 2.54. The fraction of sp³-hybridized carbons (Fsp3) is 0.733. The molecule has 1 rings (SSSR count). The lowest BCUT2D eigenvalue weighted by Crippen LogP contribution is -2.66. The van der Waals surface area contributed by atoms with E-state index in [1.165, 1.54) is 28.0 Å². The first-order valence-electron chi connectivity index (χ1n) is 7.83. The van der Waals surface area contributed by atoms with Gasteiger partial charge in [-0.1, -0.05) is 0 Å². The number of carbonyl (C=O) groups excluding carboxylic acids is 4. The summed E-state index contributed by atoms with van der Waals surface area (Å²) >= 11 is 0. The molecule has 2 amide bonds. The third-order valence-electron chi connectivity index (χ3n) is 3.46. The summed E-state index contributed by atoms with van der Waals surface area (Å²) in [7, 11) is 2.72. The largest absolute Gasteiger partial charge is 0.463 e. The molecule has 0 aromatic heterocycles. The highest BCUT2D eigenvalue weighted by atomic mass is 16.6. The molecular formula is C15H24N2O9. The summed E-state index contributed by atoms with van der Waals surface area (Å²) in [5.41, 5.74) is 0. The van der Waals surface area contributed by atoms with Gasteiger partial charge in [-0.3, -0.25) is 14.4 Å². The number of nitrogens with one attached hydrogen (secondary N) is 2. The summed E-state index contributed by atoms with van der Waals surface area (Å²) < 4.78 is 26.4. The molecule has 5 atom stereocenters. The predicted octanol–water partition coefficient (Wildman–Crippen LogP) is -0.918. The van der Waals surface area contributed by atoms with Crippen LogP contribution in [-0.4, -0.2) is 75.3 Å². The zero-order valence-corrected chi connectivity index (χ0v) is 15.3. The number of hydrogen-bond acceptors (Lipinski definition) is 9. The van der Waals surface area contributed by atoms with E-state index in [9.17, 15) is 19.2 Å². The van der Waals surface area contributed by atoms with Crippen LogP contribution in [0.3, 0.4) is 0 Å². The Hall–Kier alpha value is -2.40. The van der Waals surface area contributed by atoms with Gasteiger partial charge in [0.2, 0.25) is 0 Å². The molecule has 0 radical (unpaired) electrons. The molecule has 1 fully saturated rings. The SMILES string of the molecule is CNC(=O)N[C@@H]1OC(COC(C)=O)[C@@H](OC)[C@H](OC(C)=O)C1OC(C)=O. The van der Waals surface area contributed by atoms with E-state index >= 15 is 0 Å². The number of esters is 3. The standard InChI is InChI=1S/C15H24N2O9/c1-7(18)23-6-10-11(22-5)12(24-8(2)19)13(25-9(3)20)14(26-10)17-15(21)16-4/h10-14H,6H2,1-5H3,(H2,16,17,21)/t10?,11-,12+,13?,14-/m1/s1. The van der Waals surface area contributed by atoms with Crippen molar-refractivity contribution in [1.29, 1.82) is 0 Å². The normalized spacial score (nSPS) is 27.8. The van der Waals surface area contributed by atoms with E-state index in [0.29, 0.717) is 0 Å². The second-order valence-electron chi connectivity index (χ2n) is 5.47. The van der Waals surface area contributed by atoms with Gasteiger partial charge in [-0.15, -0.1) is 0 Å². The molecule has 0 aromatic rings. The van der Waals surface area contributed by atoms with Crippen molar-refractivity contribution >= 4 is 23.9 Å². The Bertz CT molecular complexity index is 539. The Balaban J connectivity index is 3.17. The quantitative estimate of drug-likeness (QED) is 0.445. The van der Waals surface area contributed by atoms with Crippen molar-refractivity contribution in [2.75, 3.05) is 20.8 Å². The molecule has 2 unspecified atom stereocenters. The summed E-state index contributed by atoms with van der Waals surface area (Å²) in [6.45, 7) is 3.34. The van der Waals surface area contributed by atoms with Crippen molar-refractivity contribution < 1.29 is 42.9 Å². The minimum atomic E-state index is -1.17. The van der Waals surface area contributed by atoms with Crippen LogP contribution in [0.25, 0.3) is 0 Å². The Morgan fingerprint density at radius 1 is 0.923 bits per heavy atom. The van der Waals surface area contributed by atoms with E-state index in [0.717, 1.165) is 6.92 Å². The van der Waals surface area contributed by atoms with Gasteiger partial charge in [0.1, 0.15) is 18.8 Å². The molecule has 0 bridgehead atoms. The van der Waals surface area contributed by atoms with Crippen LogP contribution in [0.1, 0.15) is 20.8 Å². The van der Waals surface area contributed by atoms with Gasteiger partial charge in [-0.05, 0) is 0 Å². The molecule has 148 valence electrons. The summed E-state index contributed by atoms with van der Waals surface area (Å²) in [6, 6.07) is -0.615. The molecular weight excluding hydrogens is 352 g/mol. The predicted molar refractivity (Wildman–Crippen MR) is 84.8 cm³/mol. The molecule has 11 heteroatoms. The van der Waals surface area contributed by atoms with Crippen LogP contribution in [-0.2, 0) is 38.1 Å². The molecule has 1 saturated heterocycles. The zero-order valence-electron chi connectivity index (χ0n) is 15.3. The highest BCUT2D eigenvalue weighted by Gasteiger charge is 2.51. The fourth-order valence-electron chi connectivity index (χ4n) is 2.50. The van der Waals surface area contributed by atoms with Crippen molar-refractivity contribution in [1.82, 2.24) is 10.6 Å². The number of hydrogen-bond donors (Lipinski definition) is 2. The lowest BCUT2D eigenvalue weighted by Gasteiger charge is -2.44. The molecule has 0 aliphatic carbocycles. The monoisotopic (exact) mass is 376 g/mol. The van der Waals surface area contributed by atoms with Crippen LogP contribution in [0.2, 0.25) is 0 Å². The Labute approximate surface area is 150 Å². The summed E-state index contributed by atoms with van der Waals surface area (Å²) in [5, 5.41) is 4.79. The van der Waals surface area contributed by atoms with Crippen LogP contribution in [0.15, 0.2) is 0 Å². The van der Waals surface area contributed by atoms with E-state index in [1.807, 2.05) is 0 Å². The maximum atomic E-state index is 11.7. The van der Waals surface area contributed by atoms with Crippen molar-refractivity contribution in [2.24, 2.45) is 0 Å². The highest BCUT2D eigenvalue weighted by Crippen LogP contribution is 2.27. The highest BCUT2D eigenvalue weighted by molar-refractivity contribution is 5.74. The second-order valence-corrected chi connectivity index (χ2v) is 5.47. The van der Waals surface area contributed by atoms with E-state index in [2.05, 4.69) is 10.6 Å². The number of rotatable bonds is 6. The first kappa shape index (κ1) is 21.6. The molecule has 1 heterocycles. The molecule has 0 spiro atoms. The van der Waals surface area contributed by atoms with Gasteiger partial charge in [0.15, 0.2) is 18.4 Å². The molecule has 2 N–H and O–H groups in total.